The fraction of sp³-hybridized carbons (Fsp3) is 0.444. The predicted molar refractivity (Wildman–Crippen MR) is 47.6 cm³/mol. The van der Waals surface area contributed by atoms with Gasteiger partial charge in [-0.1, -0.05) is 6.92 Å². The fourth-order valence-electron chi connectivity index (χ4n) is 1.01. The van der Waals surface area contributed by atoms with Crippen LogP contribution in [0.3, 0.4) is 0 Å². The Bertz CT molecular complexity index is 293. The van der Waals surface area contributed by atoms with E-state index in [-0.39, 0.29) is 11.8 Å². The average Bonchev–Trinajstić information content (AvgIpc) is 2.52. The lowest BCUT2D eigenvalue weighted by Crippen LogP contribution is -2.20. The molecule has 13 heavy (non-hydrogen) atoms. The number of rotatable bonds is 4. The molecular weight excluding hydrogens is 170 g/mol. The number of carboxylic acids is 1. The van der Waals surface area contributed by atoms with Gasteiger partial charge in [-0.2, -0.15) is 0 Å². The second kappa shape index (κ2) is 4.09. The van der Waals surface area contributed by atoms with Crippen LogP contribution in [-0.2, 0) is 6.42 Å². The maximum Gasteiger partial charge on any atom is 0.371 e. The molecule has 0 aliphatic heterocycles. The van der Waals surface area contributed by atoms with Crippen molar-refractivity contribution >= 4 is 5.97 Å². The lowest BCUT2D eigenvalue weighted by atomic mass is 10.1. The van der Waals surface area contributed by atoms with Gasteiger partial charge >= 0.3 is 5.97 Å². The monoisotopic (exact) mass is 183 g/mol. The van der Waals surface area contributed by atoms with Gasteiger partial charge in [-0.15, -0.1) is 0 Å². The van der Waals surface area contributed by atoms with Crippen molar-refractivity contribution in [1.29, 1.82) is 0 Å². The molecule has 0 bridgehead atoms. The second-order valence-corrected chi connectivity index (χ2v) is 2.94. The molecule has 1 aromatic rings. The quantitative estimate of drug-likeness (QED) is 0.736. The van der Waals surface area contributed by atoms with Crippen LogP contribution in [0.25, 0.3) is 0 Å². The molecule has 1 heterocycles. The number of nitrogens with two attached hydrogens (primary N) is 1. The van der Waals surface area contributed by atoms with Crippen LogP contribution in [0.1, 0.15) is 29.7 Å². The van der Waals surface area contributed by atoms with Gasteiger partial charge in [0.05, 0.1) is 0 Å². The molecule has 72 valence electrons. The van der Waals surface area contributed by atoms with Crippen LogP contribution in [0.2, 0.25) is 0 Å². The van der Waals surface area contributed by atoms with Crippen molar-refractivity contribution < 1.29 is 14.3 Å². The first-order valence-corrected chi connectivity index (χ1v) is 4.21. The molecule has 0 aliphatic carbocycles. The number of carbonyl (C=O) groups is 1. The molecule has 1 unspecified atom stereocenters. The Balaban J connectivity index is 2.64. The summed E-state index contributed by atoms with van der Waals surface area (Å²) in [7, 11) is 0. The zero-order chi connectivity index (χ0) is 9.84. The standard InChI is InChI=1S/C9H13NO3/c1-2-6(10)5-7-3-4-8(13-7)9(11)12/h3-4,6H,2,5,10H2,1H3,(H,11,12). The summed E-state index contributed by atoms with van der Waals surface area (Å²) in [5.41, 5.74) is 5.68. The maximum absolute atomic E-state index is 10.4. The minimum Gasteiger partial charge on any atom is -0.475 e. The topological polar surface area (TPSA) is 76.5 Å². The molecule has 1 aromatic heterocycles. The highest BCUT2D eigenvalue weighted by Crippen LogP contribution is 2.10. The van der Waals surface area contributed by atoms with Crippen LogP contribution < -0.4 is 5.73 Å². The van der Waals surface area contributed by atoms with E-state index < -0.39 is 5.97 Å². The number of aromatic carboxylic acids is 1. The van der Waals surface area contributed by atoms with E-state index in [9.17, 15) is 4.79 Å². The van der Waals surface area contributed by atoms with E-state index in [2.05, 4.69) is 0 Å². The summed E-state index contributed by atoms with van der Waals surface area (Å²) in [6.07, 6.45) is 1.44. The minimum atomic E-state index is -1.05. The van der Waals surface area contributed by atoms with E-state index in [0.717, 1.165) is 6.42 Å². The van der Waals surface area contributed by atoms with Crippen LogP contribution >= 0.6 is 0 Å². The molecule has 1 rings (SSSR count). The van der Waals surface area contributed by atoms with Crippen molar-refractivity contribution in [2.24, 2.45) is 5.73 Å². The Kier molecular flexibility index (Phi) is 3.08. The van der Waals surface area contributed by atoms with Crippen molar-refractivity contribution in [3.8, 4) is 0 Å². The van der Waals surface area contributed by atoms with Crippen LogP contribution in [0.15, 0.2) is 16.5 Å². The first kappa shape index (κ1) is 9.80. The molecule has 3 N–H and O–H groups in total. The van der Waals surface area contributed by atoms with Gasteiger partial charge in [0.2, 0.25) is 5.76 Å². The van der Waals surface area contributed by atoms with Gasteiger partial charge in [-0.05, 0) is 18.6 Å². The van der Waals surface area contributed by atoms with E-state index in [1.54, 1.807) is 6.07 Å². The largest absolute Gasteiger partial charge is 0.475 e. The zero-order valence-corrected chi connectivity index (χ0v) is 7.49. The van der Waals surface area contributed by atoms with E-state index in [4.69, 9.17) is 15.3 Å². The molecule has 0 fully saturated rings. The number of hydrogen-bond donors (Lipinski definition) is 2. The highest BCUT2D eigenvalue weighted by molar-refractivity contribution is 5.84. The molecule has 0 amide bonds. The van der Waals surface area contributed by atoms with E-state index in [1.807, 2.05) is 6.92 Å². The molecule has 0 saturated heterocycles. The smallest absolute Gasteiger partial charge is 0.371 e. The average molecular weight is 183 g/mol. The summed E-state index contributed by atoms with van der Waals surface area (Å²) < 4.78 is 5.04. The molecule has 0 aliphatic rings. The van der Waals surface area contributed by atoms with Crippen LogP contribution in [0.4, 0.5) is 0 Å². The van der Waals surface area contributed by atoms with Gasteiger partial charge in [-0.3, -0.25) is 0 Å². The summed E-state index contributed by atoms with van der Waals surface area (Å²) in [5.74, 6) is -0.443. The van der Waals surface area contributed by atoms with Gasteiger partial charge in [0, 0.05) is 12.5 Å². The SMILES string of the molecule is CCC(N)Cc1ccc(C(=O)O)o1. The Morgan fingerprint density at radius 3 is 2.85 bits per heavy atom. The Hall–Kier alpha value is -1.29. The van der Waals surface area contributed by atoms with Gasteiger partial charge in [0.1, 0.15) is 5.76 Å². The Labute approximate surface area is 76.3 Å². The molecule has 0 spiro atoms. The third-order valence-corrected chi connectivity index (χ3v) is 1.86. The second-order valence-electron chi connectivity index (χ2n) is 2.94. The lowest BCUT2D eigenvalue weighted by Gasteiger charge is -2.04. The normalized spacial score (nSPS) is 12.8. The number of furan rings is 1. The first-order valence-electron chi connectivity index (χ1n) is 4.21. The summed E-state index contributed by atoms with van der Waals surface area (Å²) >= 11 is 0. The van der Waals surface area contributed by atoms with Crippen molar-refractivity contribution in [3.63, 3.8) is 0 Å². The van der Waals surface area contributed by atoms with Crippen LogP contribution in [0, 0.1) is 0 Å². The summed E-state index contributed by atoms with van der Waals surface area (Å²) in [5, 5.41) is 8.56. The fourth-order valence-corrected chi connectivity index (χ4v) is 1.01. The minimum absolute atomic E-state index is 0.0293. The maximum atomic E-state index is 10.4. The Morgan fingerprint density at radius 2 is 2.38 bits per heavy atom. The molecule has 4 nitrogen and oxygen atoms in total. The third-order valence-electron chi connectivity index (χ3n) is 1.86. The van der Waals surface area contributed by atoms with E-state index in [0.29, 0.717) is 12.2 Å². The number of carboxylic acid groups (broad SMARTS) is 1. The third kappa shape index (κ3) is 2.59. The molecule has 1 atom stereocenters. The van der Waals surface area contributed by atoms with Crippen molar-refractivity contribution in [3.05, 3.63) is 23.7 Å². The van der Waals surface area contributed by atoms with Crippen molar-refractivity contribution in [1.82, 2.24) is 0 Å². The van der Waals surface area contributed by atoms with Gasteiger partial charge in [0.15, 0.2) is 0 Å². The van der Waals surface area contributed by atoms with E-state index >= 15 is 0 Å². The first-order chi connectivity index (χ1) is 6.13. The van der Waals surface area contributed by atoms with Crippen molar-refractivity contribution in [2.45, 2.75) is 25.8 Å². The molecule has 0 saturated carbocycles. The van der Waals surface area contributed by atoms with Crippen LogP contribution in [0.5, 0.6) is 0 Å². The molecule has 0 aromatic carbocycles. The zero-order valence-electron chi connectivity index (χ0n) is 7.49. The molecular formula is C9H13NO3. The highest BCUT2D eigenvalue weighted by Gasteiger charge is 2.10. The molecule has 4 heteroatoms. The van der Waals surface area contributed by atoms with Crippen molar-refractivity contribution in [2.75, 3.05) is 0 Å². The Morgan fingerprint density at radius 1 is 1.69 bits per heavy atom. The summed E-state index contributed by atoms with van der Waals surface area (Å²) in [6, 6.07) is 3.13. The number of hydrogen-bond acceptors (Lipinski definition) is 3. The summed E-state index contributed by atoms with van der Waals surface area (Å²) in [4.78, 5) is 10.4. The predicted octanol–water partition coefficient (Wildman–Crippen LogP) is 1.26. The van der Waals surface area contributed by atoms with Gasteiger partial charge in [0.25, 0.3) is 0 Å². The summed E-state index contributed by atoms with van der Waals surface area (Å²) in [6.45, 7) is 1.98. The van der Waals surface area contributed by atoms with E-state index in [1.165, 1.54) is 6.07 Å². The van der Waals surface area contributed by atoms with Crippen LogP contribution in [-0.4, -0.2) is 17.1 Å². The molecule has 0 radical (unpaired) electrons. The highest BCUT2D eigenvalue weighted by atomic mass is 16.4. The van der Waals surface area contributed by atoms with Gasteiger partial charge in [-0.25, -0.2) is 4.79 Å². The lowest BCUT2D eigenvalue weighted by molar-refractivity contribution is 0.0660. The van der Waals surface area contributed by atoms with Gasteiger partial charge < -0.3 is 15.3 Å².